The largest absolute Gasteiger partial charge is 0.383 e. The molecule has 3 rings (SSSR count). The summed E-state index contributed by atoms with van der Waals surface area (Å²) in [7, 11) is 1.60. The van der Waals surface area contributed by atoms with Crippen LogP contribution in [0.1, 0.15) is 30.7 Å². The fourth-order valence-corrected chi connectivity index (χ4v) is 5.58. The predicted octanol–water partition coefficient (Wildman–Crippen LogP) is 2.46. The Kier molecular flexibility index (Phi) is 6.37. The summed E-state index contributed by atoms with van der Waals surface area (Å²) in [4.78, 5) is 31.9. The standard InChI is InChI=1S/C18H25N3O3S2/c1-4-21-17(23)15-12-6-5-11(2)9-13(12)26-16(15)20-18(21)25-10-14(22)19-7-8-24-3/h11H,4-10H2,1-3H3,(H,19,22)/t11-/m1/s1. The molecule has 0 saturated carbocycles. The van der Waals surface area contributed by atoms with E-state index in [1.807, 2.05) is 6.92 Å². The second-order valence-corrected chi connectivity index (χ2v) is 8.63. The zero-order valence-corrected chi connectivity index (χ0v) is 17.1. The summed E-state index contributed by atoms with van der Waals surface area (Å²) in [6.45, 7) is 5.72. The second kappa shape index (κ2) is 8.54. The average molecular weight is 396 g/mol. The van der Waals surface area contributed by atoms with Gasteiger partial charge in [0.15, 0.2) is 5.16 Å². The van der Waals surface area contributed by atoms with E-state index in [-0.39, 0.29) is 17.2 Å². The summed E-state index contributed by atoms with van der Waals surface area (Å²) in [5, 5.41) is 4.21. The number of aryl methyl sites for hydroxylation is 1. The molecule has 6 nitrogen and oxygen atoms in total. The molecule has 1 N–H and O–H groups in total. The quantitative estimate of drug-likeness (QED) is 0.443. The number of ether oxygens (including phenoxy) is 1. The number of carbonyl (C=O) groups excluding carboxylic acids is 1. The van der Waals surface area contributed by atoms with Crippen molar-refractivity contribution >= 4 is 39.2 Å². The Morgan fingerprint density at radius 1 is 1.50 bits per heavy atom. The lowest BCUT2D eigenvalue weighted by Crippen LogP contribution is -2.29. The highest BCUT2D eigenvalue weighted by Crippen LogP contribution is 2.36. The van der Waals surface area contributed by atoms with Gasteiger partial charge >= 0.3 is 0 Å². The van der Waals surface area contributed by atoms with Gasteiger partial charge in [-0.25, -0.2) is 4.98 Å². The van der Waals surface area contributed by atoms with Crippen LogP contribution in [0.5, 0.6) is 0 Å². The Hall–Kier alpha value is -1.38. The van der Waals surface area contributed by atoms with Gasteiger partial charge in [-0.15, -0.1) is 11.3 Å². The Bertz CT molecular complexity index is 859. The monoisotopic (exact) mass is 395 g/mol. The number of thioether (sulfide) groups is 1. The number of carbonyl (C=O) groups is 1. The summed E-state index contributed by atoms with van der Waals surface area (Å²) in [6, 6.07) is 0. The van der Waals surface area contributed by atoms with E-state index < -0.39 is 0 Å². The molecular formula is C18H25N3O3S2. The van der Waals surface area contributed by atoms with E-state index in [1.54, 1.807) is 23.0 Å². The minimum absolute atomic E-state index is 0.0341. The Balaban J connectivity index is 1.87. The summed E-state index contributed by atoms with van der Waals surface area (Å²) in [6.07, 6.45) is 3.13. The fraction of sp³-hybridized carbons (Fsp3) is 0.611. The van der Waals surface area contributed by atoms with Gasteiger partial charge in [-0.3, -0.25) is 14.2 Å². The molecule has 0 unspecified atom stereocenters. The number of hydrogen-bond acceptors (Lipinski definition) is 6. The molecule has 2 aromatic heterocycles. The SMILES string of the molecule is CCn1c(SCC(=O)NCCOC)nc2sc3c(c2c1=O)CC[C@@H](C)C3. The number of amides is 1. The maximum absolute atomic E-state index is 13.0. The molecule has 2 heterocycles. The first-order valence-corrected chi connectivity index (χ1v) is 10.8. The number of thiophene rings is 1. The van der Waals surface area contributed by atoms with E-state index in [0.717, 1.165) is 29.5 Å². The molecule has 0 saturated heterocycles. The first kappa shape index (κ1) is 19.4. The summed E-state index contributed by atoms with van der Waals surface area (Å²) in [5.74, 6) is 0.820. The van der Waals surface area contributed by atoms with Crippen LogP contribution in [0, 0.1) is 5.92 Å². The topological polar surface area (TPSA) is 73.2 Å². The van der Waals surface area contributed by atoms with Crippen molar-refractivity contribution in [3.05, 3.63) is 20.8 Å². The van der Waals surface area contributed by atoms with Crippen molar-refractivity contribution in [2.45, 2.75) is 44.8 Å². The smallest absolute Gasteiger partial charge is 0.263 e. The van der Waals surface area contributed by atoms with E-state index in [9.17, 15) is 9.59 Å². The van der Waals surface area contributed by atoms with Crippen molar-refractivity contribution in [3.8, 4) is 0 Å². The average Bonchev–Trinajstić information content (AvgIpc) is 2.97. The molecule has 0 aromatic carbocycles. The molecule has 26 heavy (non-hydrogen) atoms. The van der Waals surface area contributed by atoms with Crippen molar-refractivity contribution in [2.75, 3.05) is 26.0 Å². The number of rotatable bonds is 7. The summed E-state index contributed by atoms with van der Waals surface area (Å²) < 4.78 is 6.62. The van der Waals surface area contributed by atoms with Crippen molar-refractivity contribution < 1.29 is 9.53 Å². The number of hydrogen-bond donors (Lipinski definition) is 1. The molecule has 1 amide bonds. The molecule has 8 heteroatoms. The minimum Gasteiger partial charge on any atom is -0.383 e. The van der Waals surface area contributed by atoms with Gasteiger partial charge in [0.2, 0.25) is 5.91 Å². The summed E-state index contributed by atoms with van der Waals surface area (Å²) in [5.41, 5.74) is 1.24. The lowest BCUT2D eigenvalue weighted by molar-refractivity contribution is -0.118. The number of methoxy groups -OCH3 is 1. The zero-order chi connectivity index (χ0) is 18.7. The third kappa shape index (κ3) is 3.97. The van der Waals surface area contributed by atoms with Gasteiger partial charge in [0.05, 0.1) is 17.7 Å². The third-order valence-corrected chi connectivity index (χ3v) is 6.78. The van der Waals surface area contributed by atoms with Crippen molar-refractivity contribution in [2.24, 2.45) is 5.92 Å². The molecule has 2 aromatic rings. The van der Waals surface area contributed by atoms with Gasteiger partial charge in [-0.2, -0.15) is 0 Å². The number of nitrogens with one attached hydrogen (secondary N) is 1. The van der Waals surface area contributed by atoms with Crippen LogP contribution in [0.4, 0.5) is 0 Å². The van der Waals surface area contributed by atoms with Crippen LogP contribution in [0.3, 0.4) is 0 Å². The molecule has 0 radical (unpaired) electrons. The highest BCUT2D eigenvalue weighted by Gasteiger charge is 2.24. The van der Waals surface area contributed by atoms with E-state index in [0.29, 0.717) is 30.8 Å². The van der Waals surface area contributed by atoms with Crippen LogP contribution in [-0.4, -0.2) is 41.5 Å². The Morgan fingerprint density at radius 2 is 2.31 bits per heavy atom. The van der Waals surface area contributed by atoms with Crippen LogP contribution in [0.2, 0.25) is 0 Å². The lowest BCUT2D eigenvalue weighted by atomic mass is 9.89. The number of aromatic nitrogens is 2. The van der Waals surface area contributed by atoms with E-state index in [1.165, 1.54) is 22.2 Å². The van der Waals surface area contributed by atoms with Crippen molar-refractivity contribution in [1.82, 2.24) is 14.9 Å². The fourth-order valence-electron chi connectivity index (χ4n) is 3.27. The molecule has 0 spiro atoms. The Labute approximate surface area is 161 Å². The highest BCUT2D eigenvalue weighted by atomic mass is 32.2. The van der Waals surface area contributed by atoms with Crippen molar-refractivity contribution in [3.63, 3.8) is 0 Å². The van der Waals surface area contributed by atoms with Gasteiger partial charge < -0.3 is 10.1 Å². The van der Waals surface area contributed by atoms with Gasteiger partial charge in [0.25, 0.3) is 5.56 Å². The number of nitrogens with zero attached hydrogens (tertiary/aromatic N) is 2. The molecule has 0 bridgehead atoms. The first-order valence-electron chi connectivity index (χ1n) is 8.98. The van der Waals surface area contributed by atoms with Crippen LogP contribution >= 0.6 is 23.1 Å². The van der Waals surface area contributed by atoms with Crippen LogP contribution in [0.15, 0.2) is 9.95 Å². The normalized spacial score (nSPS) is 16.7. The Morgan fingerprint density at radius 3 is 3.04 bits per heavy atom. The molecule has 142 valence electrons. The lowest BCUT2D eigenvalue weighted by Gasteiger charge is -2.17. The molecule has 1 atom stereocenters. The van der Waals surface area contributed by atoms with Crippen molar-refractivity contribution in [1.29, 1.82) is 0 Å². The molecule has 1 aliphatic carbocycles. The predicted molar refractivity (Wildman–Crippen MR) is 106 cm³/mol. The summed E-state index contributed by atoms with van der Waals surface area (Å²) >= 11 is 2.97. The zero-order valence-electron chi connectivity index (χ0n) is 15.5. The van der Waals surface area contributed by atoms with Gasteiger partial charge in [0, 0.05) is 25.1 Å². The van der Waals surface area contributed by atoms with E-state index in [4.69, 9.17) is 9.72 Å². The van der Waals surface area contributed by atoms with Gasteiger partial charge in [0.1, 0.15) is 4.83 Å². The molecular weight excluding hydrogens is 370 g/mol. The van der Waals surface area contributed by atoms with Crippen LogP contribution in [0.25, 0.3) is 10.2 Å². The van der Waals surface area contributed by atoms with E-state index >= 15 is 0 Å². The molecule has 0 fully saturated rings. The van der Waals surface area contributed by atoms with Gasteiger partial charge in [-0.1, -0.05) is 18.7 Å². The maximum atomic E-state index is 13.0. The molecule has 0 aliphatic heterocycles. The van der Waals surface area contributed by atoms with E-state index in [2.05, 4.69) is 12.2 Å². The molecule has 1 aliphatic rings. The minimum atomic E-state index is -0.0802. The van der Waals surface area contributed by atoms with Crippen LogP contribution in [-0.2, 0) is 28.9 Å². The number of fused-ring (bicyclic) bond motifs is 3. The van der Waals surface area contributed by atoms with Crippen LogP contribution < -0.4 is 10.9 Å². The maximum Gasteiger partial charge on any atom is 0.263 e. The highest BCUT2D eigenvalue weighted by molar-refractivity contribution is 7.99. The first-order chi connectivity index (χ1) is 12.5. The van der Waals surface area contributed by atoms with Gasteiger partial charge in [-0.05, 0) is 37.7 Å². The third-order valence-electron chi connectivity index (χ3n) is 4.66. The second-order valence-electron chi connectivity index (χ2n) is 6.61.